The van der Waals surface area contributed by atoms with Crippen LogP contribution in [0.4, 0.5) is 11.5 Å². The lowest BCUT2D eigenvalue weighted by Crippen LogP contribution is -2.43. The van der Waals surface area contributed by atoms with Crippen molar-refractivity contribution in [3.8, 4) is 5.75 Å². The van der Waals surface area contributed by atoms with Crippen LogP contribution in [0.3, 0.4) is 0 Å². The fourth-order valence-corrected chi connectivity index (χ4v) is 3.53. The smallest absolute Gasteiger partial charge is 0.330 e. The van der Waals surface area contributed by atoms with Gasteiger partial charge in [0.1, 0.15) is 11.6 Å². The van der Waals surface area contributed by atoms with Crippen molar-refractivity contribution in [1.82, 2.24) is 9.55 Å². The molecule has 0 bridgehead atoms. The van der Waals surface area contributed by atoms with Crippen LogP contribution in [0.5, 0.6) is 5.75 Å². The van der Waals surface area contributed by atoms with Gasteiger partial charge < -0.3 is 20.1 Å². The number of hydrogen-bond donors (Lipinski definition) is 2. The highest BCUT2D eigenvalue weighted by Gasteiger charge is 2.24. The number of carbonyl (C=O) groups excluding carboxylic acids is 1. The number of hydrogen-bond acceptors (Lipinski definition) is 6. The lowest BCUT2D eigenvalue weighted by atomic mass is 10.2. The third-order valence-corrected chi connectivity index (χ3v) is 5.39. The Morgan fingerprint density at radius 3 is 2.41 bits per heavy atom. The molecular formula is C25H30N4O5. The van der Waals surface area contributed by atoms with Gasteiger partial charge in [0.15, 0.2) is 12.3 Å². The summed E-state index contributed by atoms with van der Waals surface area (Å²) in [5.41, 5.74) is 6.81. The Hall–Kier alpha value is -3.85. The van der Waals surface area contributed by atoms with Crippen LogP contribution < -0.4 is 26.6 Å². The van der Waals surface area contributed by atoms with Crippen molar-refractivity contribution in [3.05, 3.63) is 86.6 Å². The maximum atomic E-state index is 13.2. The second kappa shape index (κ2) is 11.9. The van der Waals surface area contributed by atoms with E-state index in [0.717, 1.165) is 17.5 Å². The summed E-state index contributed by atoms with van der Waals surface area (Å²) >= 11 is 0. The predicted molar refractivity (Wildman–Crippen MR) is 131 cm³/mol. The van der Waals surface area contributed by atoms with E-state index >= 15 is 0 Å². The number of benzene rings is 2. The Morgan fingerprint density at radius 1 is 1.06 bits per heavy atom. The van der Waals surface area contributed by atoms with Crippen molar-refractivity contribution in [2.75, 3.05) is 37.5 Å². The van der Waals surface area contributed by atoms with Gasteiger partial charge in [-0.3, -0.25) is 19.1 Å². The molecule has 1 amide bonds. The minimum absolute atomic E-state index is 0.0819. The van der Waals surface area contributed by atoms with Gasteiger partial charge in [-0.05, 0) is 36.1 Å². The second-order valence-corrected chi connectivity index (χ2v) is 7.74. The van der Waals surface area contributed by atoms with E-state index in [4.69, 9.17) is 15.2 Å². The third kappa shape index (κ3) is 6.14. The van der Waals surface area contributed by atoms with Crippen LogP contribution in [-0.2, 0) is 22.5 Å². The maximum absolute atomic E-state index is 13.2. The van der Waals surface area contributed by atoms with E-state index in [1.807, 2.05) is 42.5 Å². The normalized spacial score (nSPS) is 10.8. The molecule has 0 radical (unpaired) electrons. The van der Waals surface area contributed by atoms with E-state index in [9.17, 15) is 14.4 Å². The first kappa shape index (κ1) is 24.8. The van der Waals surface area contributed by atoms with Crippen molar-refractivity contribution in [1.29, 1.82) is 0 Å². The summed E-state index contributed by atoms with van der Waals surface area (Å²) in [4.78, 5) is 42.0. The number of amides is 1. The zero-order valence-corrected chi connectivity index (χ0v) is 19.5. The Labute approximate surface area is 197 Å². The van der Waals surface area contributed by atoms with E-state index in [0.29, 0.717) is 18.8 Å². The summed E-state index contributed by atoms with van der Waals surface area (Å²) in [5, 5.41) is 0. The van der Waals surface area contributed by atoms with Crippen molar-refractivity contribution >= 4 is 17.4 Å². The highest BCUT2D eigenvalue weighted by atomic mass is 16.5. The molecule has 0 unspecified atom stereocenters. The van der Waals surface area contributed by atoms with Gasteiger partial charge in [0.25, 0.3) is 11.5 Å². The molecule has 9 heteroatoms. The van der Waals surface area contributed by atoms with Gasteiger partial charge >= 0.3 is 5.69 Å². The SMILES string of the molecule is CCc1ccc(OCC(=O)N(CCCOC)c2c(N)n(Cc3ccccc3)c(=O)[nH]c2=O)cc1. The van der Waals surface area contributed by atoms with Crippen molar-refractivity contribution < 1.29 is 14.3 Å². The van der Waals surface area contributed by atoms with E-state index in [-0.39, 0.29) is 31.2 Å². The van der Waals surface area contributed by atoms with Crippen LogP contribution in [0.2, 0.25) is 0 Å². The van der Waals surface area contributed by atoms with Crippen LogP contribution in [0.1, 0.15) is 24.5 Å². The molecule has 0 atom stereocenters. The van der Waals surface area contributed by atoms with Crippen LogP contribution in [0.25, 0.3) is 0 Å². The molecule has 0 aliphatic carbocycles. The number of aromatic nitrogens is 2. The third-order valence-electron chi connectivity index (χ3n) is 5.39. The lowest BCUT2D eigenvalue weighted by Gasteiger charge is -2.24. The first-order chi connectivity index (χ1) is 16.4. The zero-order chi connectivity index (χ0) is 24.5. The largest absolute Gasteiger partial charge is 0.484 e. The zero-order valence-electron chi connectivity index (χ0n) is 19.5. The number of nitrogen functional groups attached to an aromatic ring is 1. The number of methoxy groups -OCH3 is 1. The molecule has 9 nitrogen and oxygen atoms in total. The van der Waals surface area contributed by atoms with E-state index in [1.54, 1.807) is 19.2 Å². The molecule has 0 aliphatic heterocycles. The molecule has 0 saturated heterocycles. The minimum Gasteiger partial charge on any atom is -0.484 e. The van der Waals surface area contributed by atoms with E-state index in [2.05, 4.69) is 11.9 Å². The van der Waals surface area contributed by atoms with E-state index < -0.39 is 17.2 Å². The highest BCUT2D eigenvalue weighted by molar-refractivity contribution is 5.96. The average molecular weight is 467 g/mol. The van der Waals surface area contributed by atoms with Gasteiger partial charge in [-0.25, -0.2) is 4.79 Å². The topological polar surface area (TPSA) is 120 Å². The van der Waals surface area contributed by atoms with Crippen molar-refractivity contribution in [3.63, 3.8) is 0 Å². The molecule has 3 N–H and O–H groups in total. The number of carbonyl (C=O) groups is 1. The number of aryl methyl sites for hydroxylation is 1. The Kier molecular flexibility index (Phi) is 8.64. The fraction of sp³-hybridized carbons (Fsp3) is 0.320. The summed E-state index contributed by atoms with van der Waals surface area (Å²) in [6, 6.07) is 16.7. The number of nitrogens with zero attached hydrogens (tertiary/aromatic N) is 2. The number of anilines is 2. The van der Waals surface area contributed by atoms with Crippen molar-refractivity contribution in [2.24, 2.45) is 0 Å². The van der Waals surface area contributed by atoms with E-state index in [1.165, 1.54) is 9.47 Å². The Balaban J connectivity index is 1.90. The predicted octanol–water partition coefficient (Wildman–Crippen LogP) is 2.18. The lowest BCUT2D eigenvalue weighted by molar-refractivity contribution is -0.120. The summed E-state index contributed by atoms with van der Waals surface area (Å²) < 4.78 is 12.0. The van der Waals surface area contributed by atoms with Gasteiger partial charge in [0, 0.05) is 20.3 Å². The molecule has 0 fully saturated rings. The van der Waals surface area contributed by atoms with Crippen molar-refractivity contribution in [2.45, 2.75) is 26.3 Å². The number of rotatable bonds is 11. The first-order valence-corrected chi connectivity index (χ1v) is 11.1. The maximum Gasteiger partial charge on any atom is 0.330 e. The summed E-state index contributed by atoms with van der Waals surface area (Å²) in [6.07, 6.45) is 1.36. The molecule has 34 heavy (non-hydrogen) atoms. The number of nitrogens with two attached hydrogens (primary N) is 1. The van der Waals surface area contributed by atoms with Crippen LogP contribution in [0.15, 0.2) is 64.2 Å². The van der Waals surface area contributed by atoms with Gasteiger partial charge in [0.2, 0.25) is 0 Å². The monoisotopic (exact) mass is 466 g/mol. The van der Waals surface area contributed by atoms with Gasteiger partial charge in [0.05, 0.1) is 6.54 Å². The molecule has 180 valence electrons. The van der Waals surface area contributed by atoms with Crippen LogP contribution in [0, 0.1) is 0 Å². The summed E-state index contributed by atoms with van der Waals surface area (Å²) in [5.74, 6) is -0.00762. The number of ether oxygens (including phenoxy) is 2. The number of aromatic amines is 1. The second-order valence-electron chi connectivity index (χ2n) is 7.74. The highest BCUT2D eigenvalue weighted by Crippen LogP contribution is 2.19. The van der Waals surface area contributed by atoms with Gasteiger partial charge in [-0.15, -0.1) is 0 Å². The molecule has 3 aromatic rings. The molecule has 1 heterocycles. The first-order valence-electron chi connectivity index (χ1n) is 11.1. The molecule has 0 spiro atoms. The fourth-order valence-electron chi connectivity index (χ4n) is 3.53. The molecular weight excluding hydrogens is 436 g/mol. The summed E-state index contributed by atoms with van der Waals surface area (Å²) in [6.45, 7) is 2.45. The number of H-pyrrole nitrogens is 1. The van der Waals surface area contributed by atoms with Crippen LogP contribution in [-0.4, -0.2) is 42.3 Å². The number of nitrogens with one attached hydrogen (secondary N) is 1. The minimum atomic E-state index is -0.732. The summed E-state index contributed by atoms with van der Waals surface area (Å²) in [7, 11) is 1.55. The molecule has 1 aromatic heterocycles. The van der Waals surface area contributed by atoms with Gasteiger partial charge in [-0.2, -0.15) is 0 Å². The Morgan fingerprint density at radius 2 is 1.76 bits per heavy atom. The average Bonchev–Trinajstić information content (AvgIpc) is 2.85. The van der Waals surface area contributed by atoms with Crippen LogP contribution >= 0.6 is 0 Å². The molecule has 0 saturated carbocycles. The molecule has 3 rings (SSSR count). The Bertz CT molecular complexity index is 1200. The molecule has 0 aliphatic rings. The quantitative estimate of drug-likeness (QED) is 0.418. The standard InChI is InChI=1S/C25H30N4O5/c1-3-18-10-12-20(13-11-18)34-17-21(30)28(14-7-15-33-2)22-23(26)29(25(32)27-24(22)31)16-19-8-5-4-6-9-19/h4-6,8-13H,3,7,14-17,26H2,1-2H3,(H,27,31,32). The van der Waals surface area contributed by atoms with Gasteiger partial charge in [-0.1, -0.05) is 49.4 Å². The molecule has 2 aromatic carbocycles.